The van der Waals surface area contributed by atoms with Crippen molar-refractivity contribution >= 4 is 22.6 Å². The predicted molar refractivity (Wildman–Crippen MR) is 67.0 cm³/mol. The maximum absolute atomic E-state index is 11.7. The van der Waals surface area contributed by atoms with Crippen LogP contribution in [-0.4, -0.2) is 19.5 Å². The molecule has 0 amide bonds. The Labute approximate surface area is 105 Å². The molecule has 1 N–H and O–H groups in total. The SMILES string of the molecule is Cn1c2nc(=O)[nH]c(=O)c-2nc2ccc(Cl)cc21. The van der Waals surface area contributed by atoms with Crippen LogP contribution in [0.2, 0.25) is 5.02 Å². The zero-order valence-corrected chi connectivity index (χ0v) is 10.0. The molecule has 3 rings (SSSR count). The molecule has 0 atom stereocenters. The van der Waals surface area contributed by atoms with E-state index in [0.717, 1.165) is 0 Å². The van der Waals surface area contributed by atoms with E-state index in [1.54, 1.807) is 29.8 Å². The van der Waals surface area contributed by atoms with Gasteiger partial charge in [0.25, 0.3) is 5.56 Å². The third-order valence-electron chi connectivity index (χ3n) is 2.70. The Morgan fingerprint density at radius 3 is 2.83 bits per heavy atom. The van der Waals surface area contributed by atoms with E-state index in [1.807, 2.05) is 0 Å². The van der Waals surface area contributed by atoms with Crippen molar-refractivity contribution in [3.05, 3.63) is 44.1 Å². The van der Waals surface area contributed by atoms with Gasteiger partial charge in [-0.2, -0.15) is 4.98 Å². The van der Waals surface area contributed by atoms with E-state index < -0.39 is 11.2 Å². The standard InChI is InChI=1S/C11H7ClN4O2/c1-16-7-4-5(12)2-3-6(7)13-8-9(16)14-11(18)15-10(8)17/h2-4H,1H3,(H,15,17,18). The highest BCUT2D eigenvalue weighted by Gasteiger charge is 2.16. The van der Waals surface area contributed by atoms with E-state index in [0.29, 0.717) is 16.1 Å². The Balaban J connectivity index is 2.61. The molecule has 7 heteroatoms. The van der Waals surface area contributed by atoms with Crippen molar-refractivity contribution in [2.45, 2.75) is 0 Å². The van der Waals surface area contributed by atoms with Gasteiger partial charge in [0, 0.05) is 12.1 Å². The summed E-state index contributed by atoms with van der Waals surface area (Å²) in [7, 11) is 1.70. The lowest BCUT2D eigenvalue weighted by atomic mass is 10.2. The van der Waals surface area contributed by atoms with E-state index in [9.17, 15) is 9.59 Å². The van der Waals surface area contributed by atoms with Crippen LogP contribution in [0.3, 0.4) is 0 Å². The number of H-pyrrole nitrogens is 1. The van der Waals surface area contributed by atoms with Gasteiger partial charge in [0.2, 0.25) is 0 Å². The summed E-state index contributed by atoms with van der Waals surface area (Å²) in [6.45, 7) is 0. The third-order valence-corrected chi connectivity index (χ3v) is 2.94. The predicted octanol–water partition coefficient (Wildman–Crippen LogP) is 0.775. The molecule has 6 nitrogen and oxygen atoms in total. The molecule has 0 saturated carbocycles. The van der Waals surface area contributed by atoms with Gasteiger partial charge in [-0.1, -0.05) is 11.6 Å². The Hall–Kier alpha value is -2.21. The van der Waals surface area contributed by atoms with Crippen LogP contribution in [0.15, 0.2) is 27.8 Å². The van der Waals surface area contributed by atoms with Crippen molar-refractivity contribution in [3.8, 4) is 11.5 Å². The number of fused-ring (bicyclic) bond motifs is 2. The molecular formula is C11H7ClN4O2. The Morgan fingerprint density at radius 2 is 2.06 bits per heavy atom. The third kappa shape index (κ3) is 1.50. The molecule has 1 aromatic carbocycles. The second-order valence-corrected chi connectivity index (χ2v) is 4.28. The summed E-state index contributed by atoms with van der Waals surface area (Å²) < 4.78 is 1.63. The van der Waals surface area contributed by atoms with E-state index in [2.05, 4.69) is 15.0 Å². The van der Waals surface area contributed by atoms with Crippen molar-refractivity contribution < 1.29 is 0 Å². The first-order valence-electron chi connectivity index (χ1n) is 5.12. The minimum atomic E-state index is -0.689. The summed E-state index contributed by atoms with van der Waals surface area (Å²) >= 11 is 5.91. The van der Waals surface area contributed by atoms with Gasteiger partial charge in [-0.25, -0.2) is 9.78 Å². The molecule has 1 aromatic rings. The summed E-state index contributed by atoms with van der Waals surface area (Å²) in [6.07, 6.45) is 0. The molecule has 18 heavy (non-hydrogen) atoms. The van der Waals surface area contributed by atoms with Gasteiger partial charge in [-0.05, 0) is 18.2 Å². The summed E-state index contributed by atoms with van der Waals surface area (Å²) in [5.41, 5.74) is 0.212. The maximum Gasteiger partial charge on any atom is 0.349 e. The highest BCUT2D eigenvalue weighted by molar-refractivity contribution is 6.31. The van der Waals surface area contributed by atoms with Crippen molar-refractivity contribution in [1.82, 2.24) is 19.5 Å². The van der Waals surface area contributed by atoms with Crippen LogP contribution < -0.4 is 11.2 Å². The normalized spacial score (nSPS) is 11.2. The number of hydrogen-bond donors (Lipinski definition) is 1. The van der Waals surface area contributed by atoms with Crippen LogP contribution in [0.5, 0.6) is 0 Å². The van der Waals surface area contributed by atoms with Crippen LogP contribution in [0.4, 0.5) is 0 Å². The molecule has 0 spiro atoms. The lowest BCUT2D eigenvalue weighted by Gasteiger charge is -2.11. The number of halogens is 1. The molecule has 0 saturated heterocycles. The largest absolute Gasteiger partial charge is 0.349 e. The fraction of sp³-hybridized carbons (Fsp3) is 0.0909. The number of rotatable bonds is 0. The van der Waals surface area contributed by atoms with Gasteiger partial charge in [0.1, 0.15) is 0 Å². The number of aromatic amines is 1. The van der Waals surface area contributed by atoms with Crippen LogP contribution in [0.25, 0.3) is 22.6 Å². The van der Waals surface area contributed by atoms with Crippen molar-refractivity contribution in [3.63, 3.8) is 0 Å². The molecule has 90 valence electrons. The zero-order chi connectivity index (χ0) is 12.9. The first-order valence-corrected chi connectivity index (χ1v) is 5.50. The summed E-state index contributed by atoms with van der Waals surface area (Å²) in [6, 6.07) is 5.10. The molecule has 0 aromatic heterocycles. The van der Waals surface area contributed by atoms with Crippen LogP contribution in [-0.2, 0) is 7.05 Å². The van der Waals surface area contributed by atoms with Crippen LogP contribution in [0, 0.1) is 0 Å². The first-order chi connectivity index (χ1) is 8.56. The van der Waals surface area contributed by atoms with Crippen molar-refractivity contribution in [2.75, 3.05) is 0 Å². The fourth-order valence-corrected chi connectivity index (χ4v) is 2.03. The number of hydrogen-bond acceptors (Lipinski definition) is 4. The second kappa shape index (κ2) is 3.64. The first kappa shape index (κ1) is 10.9. The molecule has 0 bridgehead atoms. The number of nitrogens with zero attached hydrogens (tertiary/aromatic N) is 3. The minimum Gasteiger partial charge on any atom is -0.325 e. The van der Waals surface area contributed by atoms with E-state index in [4.69, 9.17) is 11.6 Å². The smallest absolute Gasteiger partial charge is 0.325 e. The zero-order valence-electron chi connectivity index (χ0n) is 9.27. The molecular weight excluding hydrogens is 256 g/mol. The van der Waals surface area contributed by atoms with Gasteiger partial charge in [-0.3, -0.25) is 9.78 Å². The molecule has 2 aliphatic heterocycles. The second-order valence-electron chi connectivity index (χ2n) is 3.85. The molecule has 2 heterocycles. The fourth-order valence-electron chi connectivity index (χ4n) is 1.86. The molecule has 0 aliphatic carbocycles. The number of aryl methyl sites for hydroxylation is 1. The molecule has 0 fully saturated rings. The number of benzene rings is 1. The van der Waals surface area contributed by atoms with Crippen LogP contribution >= 0.6 is 11.6 Å². The van der Waals surface area contributed by atoms with Gasteiger partial charge in [-0.15, -0.1) is 0 Å². The number of aromatic nitrogens is 4. The average Bonchev–Trinajstić information content (AvgIpc) is 2.32. The molecule has 2 aliphatic rings. The van der Waals surface area contributed by atoms with Crippen molar-refractivity contribution in [1.29, 1.82) is 0 Å². The van der Waals surface area contributed by atoms with E-state index in [1.165, 1.54) is 0 Å². The monoisotopic (exact) mass is 262 g/mol. The van der Waals surface area contributed by atoms with Gasteiger partial charge < -0.3 is 4.57 Å². The lowest BCUT2D eigenvalue weighted by Crippen LogP contribution is -2.28. The highest BCUT2D eigenvalue weighted by atomic mass is 35.5. The van der Waals surface area contributed by atoms with E-state index in [-0.39, 0.29) is 11.5 Å². The van der Waals surface area contributed by atoms with Gasteiger partial charge in [0.05, 0.1) is 11.0 Å². The quantitative estimate of drug-likeness (QED) is 0.607. The van der Waals surface area contributed by atoms with E-state index >= 15 is 0 Å². The van der Waals surface area contributed by atoms with Crippen LogP contribution in [0.1, 0.15) is 0 Å². The van der Waals surface area contributed by atoms with Gasteiger partial charge in [0.15, 0.2) is 11.5 Å². The Bertz CT molecular complexity index is 852. The molecule has 0 unspecified atom stereocenters. The Kier molecular flexibility index (Phi) is 2.21. The summed E-state index contributed by atoms with van der Waals surface area (Å²) in [5, 5.41) is 0.548. The topological polar surface area (TPSA) is 80.6 Å². The maximum atomic E-state index is 11.7. The average molecular weight is 263 g/mol. The highest BCUT2D eigenvalue weighted by Crippen LogP contribution is 2.21. The van der Waals surface area contributed by atoms with Gasteiger partial charge >= 0.3 is 5.69 Å². The van der Waals surface area contributed by atoms with Crippen molar-refractivity contribution in [2.24, 2.45) is 7.05 Å². The number of nitrogens with one attached hydrogen (secondary N) is 1. The minimum absolute atomic E-state index is 0.131. The Morgan fingerprint density at radius 1 is 1.28 bits per heavy atom. The molecule has 0 radical (unpaired) electrons. The summed E-state index contributed by atoms with van der Waals surface area (Å²) in [5.74, 6) is 0.235. The lowest BCUT2D eigenvalue weighted by molar-refractivity contribution is 0.871. The summed E-state index contributed by atoms with van der Waals surface area (Å²) in [4.78, 5) is 32.9.